The van der Waals surface area contributed by atoms with Crippen LogP contribution in [0.4, 0.5) is 0 Å². The molecule has 2 atom stereocenters. The van der Waals surface area contributed by atoms with Crippen molar-refractivity contribution < 1.29 is 9.47 Å². The molecule has 3 nitrogen and oxygen atoms in total. The van der Waals surface area contributed by atoms with Crippen LogP contribution < -0.4 is 14.8 Å². The molecule has 118 valence electrons. The lowest BCUT2D eigenvalue weighted by atomic mass is 9.95. The fourth-order valence-electron chi connectivity index (χ4n) is 2.70. The van der Waals surface area contributed by atoms with Crippen molar-refractivity contribution in [3.05, 3.63) is 23.8 Å². The standard InChI is InChI=1S/C17H27NO2S/c1-4-9-18-16-12-14(8-10-21-5-2)20-17-7-6-13(19-3)11-15(16)17/h6-7,11,14,16,18H,4-5,8-10,12H2,1-3H3. The number of methoxy groups -OCH3 is 1. The van der Waals surface area contributed by atoms with Gasteiger partial charge in [0.25, 0.3) is 0 Å². The molecule has 0 saturated carbocycles. The van der Waals surface area contributed by atoms with Crippen LogP contribution in [0.25, 0.3) is 0 Å². The third kappa shape index (κ3) is 4.55. The van der Waals surface area contributed by atoms with Gasteiger partial charge in [0.05, 0.1) is 7.11 Å². The Balaban J connectivity index is 2.10. The van der Waals surface area contributed by atoms with E-state index in [4.69, 9.17) is 9.47 Å². The summed E-state index contributed by atoms with van der Waals surface area (Å²) in [5, 5.41) is 3.66. The lowest BCUT2D eigenvalue weighted by Crippen LogP contribution is -2.33. The SMILES string of the molecule is CCCNC1CC(CCSCC)Oc2ccc(OC)cc21. The summed E-state index contributed by atoms with van der Waals surface area (Å²) >= 11 is 1.99. The second kappa shape index (κ2) is 8.54. The Morgan fingerprint density at radius 1 is 1.38 bits per heavy atom. The summed E-state index contributed by atoms with van der Waals surface area (Å²) in [7, 11) is 1.71. The van der Waals surface area contributed by atoms with E-state index in [-0.39, 0.29) is 0 Å². The number of fused-ring (bicyclic) bond motifs is 1. The molecule has 2 unspecified atom stereocenters. The van der Waals surface area contributed by atoms with Crippen LogP contribution >= 0.6 is 11.8 Å². The largest absolute Gasteiger partial charge is 0.497 e. The second-order valence-corrected chi connectivity index (χ2v) is 6.77. The van der Waals surface area contributed by atoms with Gasteiger partial charge in [0, 0.05) is 18.0 Å². The Morgan fingerprint density at radius 3 is 2.95 bits per heavy atom. The maximum absolute atomic E-state index is 6.18. The third-order valence-corrected chi connectivity index (χ3v) is 4.75. The number of nitrogens with one attached hydrogen (secondary N) is 1. The highest BCUT2D eigenvalue weighted by atomic mass is 32.2. The van der Waals surface area contributed by atoms with Crippen molar-refractivity contribution in [2.75, 3.05) is 25.2 Å². The number of hydrogen-bond acceptors (Lipinski definition) is 4. The van der Waals surface area contributed by atoms with E-state index >= 15 is 0 Å². The highest BCUT2D eigenvalue weighted by Gasteiger charge is 2.28. The summed E-state index contributed by atoms with van der Waals surface area (Å²) in [6.07, 6.45) is 3.63. The van der Waals surface area contributed by atoms with Crippen molar-refractivity contribution in [3.63, 3.8) is 0 Å². The quantitative estimate of drug-likeness (QED) is 0.734. The molecule has 0 amide bonds. The molecule has 1 aliphatic heterocycles. The monoisotopic (exact) mass is 309 g/mol. The van der Waals surface area contributed by atoms with Gasteiger partial charge >= 0.3 is 0 Å². The van der Waals surface area contributed by atoms with E-state index in [1.165, 1.54) is 17.1 Å². The van der Waals surface area contributed by atoms with Gasteiger partial charge in [0.15, 0.2) is 0 Å². The Bertz CT molecular complexity index is 439. The number of thioether (sulfide) groups is 1. The second-order valence-electron chi connectivity index (χ2n) is 5.37. The molecular weight excluding hydrogens is 282 g/mol. The summed E-state index contributed by atoms with van der Waals surface area (Å²) < 4.78 is 11.5. The zero-order valence-corrected chi connectivity index (χ0v) is 14.2. The average Bonchev–Trinajstić information content (AvgIpc) is 2.52. The van der Waals surface area contributed by atoms with Crippen LogP contribution in [0, 0.1) is 0 Å². The maximum atomic E-state index is 6.18. The fourth-order valence-corrected chi connectivity index (χ4v) is 3.42. The minimum Gasteiger partial charge on any atom is -0.497 e. The van der Waals surface area contributed by atoms with Crippen molar-refractivity contribution >= 4 is 11.8 Å². The molecule has 4 heteroatoms. The summed E-state index contributed by atoms with van der Waals surface area (Å²) in [6.45, 7) is 5.45. The Morgan fingerprint density at radius 2 is 2.24 bits per heavy atom. The van der Waals surface area contributed by atoms with Gasteiger partial charge in [-0.05, 0) is 49.1 Å². The molecule has 1 N–H and O–H groups in total. The number of hydrogen-bond donors (Lipinski definition) is 1. The minimum absolute atomic E-state index is 0.319. The van der Waals surface area contributed by atoms with Crippen LogP contribution in [0.3, 0.4) is 0 Å². The molecule has 1 aliphatic rings. The zero-order valence-electron chi connectivity index (χ0n) is 13.4. The van der Waals surface area contributed by atoms with E-state index in [2.05, 4.69) is 25.2 Å². The normalized spacial score (nSPS) is 20.7. The first-order valence-electron chi connectivity index (χ1n) is 7.94. The average molecular weight is 309 g/mol. The number of ether oxygens (including phenoxy) is 2. The van der Waals surface area contributed by atoms with Gasteiger partial charge in [0.1, 0.15) is 17.6 Å². The van der Waals surface area contributed by atoms with Crippen molar-refractivity contribution in [2.45, 2.75) is 45.3 Å². The summed E-state index contributed by atoms with van der Waals surface area (Å²) in [6, 6.07) is 6.52. The van der Waals surface area contributed by atoms with Crippen molar-refractivity contribution in [1.29, 1.82) is 0 Å². The molecule has 0 aliphatic carbocycles. The Hall–Kier alpha value is -0.870. The van der Waals surface area contributed by atoms with E-state index in [1.54, 1.807) is 7.11 Å². The molecule has 1 heterocycles. The highest BCUT2D eigenvalue weighted by molar-refractivity contribution is 7.99. The van der Waals surface area contributed by atoms with Gasteiger partial charge < -0.3 is 14.8 Å². The molecule has 0 radical (unpaired) electrons. The van der Waals surface area contributed by atoms with Crippen LogP contribution in [0.1, 0.15) is 44.7 Å². The van der Waals surface area contributed by atoms with Crippen molar-refractivity contribution in [2.24, 2.45) is 0 Å². The van der Waals surface area contributed by atoms with Gasteiger partial charge in [-0.15, -0.1) is 0 Å². The van der Waals surface area contributed by atoms with E-state index in [0.29, 0.717) is 12.1 Å². The zero-order chi connectivity index (χ0) is 15.1. The Kier molecular flexibility index (Phi) is 6.71. The van der Waals surface area contributed by atoms with E-state index < -0.39 is 0 Å². The smallest absolute Gasteiger partial charge is 0.124 e. The molecule has 0 spiro atoms. The molecular formula is C17H27NO2S. The molecule has 1 aromatic rings. The first-order valence-corrected chi connectivity index (χ1v) is 9.09. The topological polar surface area (TPSA) is 30.5 Å². The van der Waals surface area contributed by atoms with Gasteiger partial charge in [0.2, 0.25) is 0 Å². The third-order valence-electron chi connectivity index (χ3n) is 3.81. The maximum Gasteiger partial charge on any atom is 0.124 e. The first kappa shape index (κ1) is 16.5. The molecule has 0 fully saturated rings. The van der Waals surface area contributed by atoms with E-state index in [0.717, 1.165) is 37.3 Å². The molecule has 2 rings (SSSR count). The molecule has 0 bridgehead atoms. The van der Waals surface area contributed by atoms with Crippen LogP contribution in [0.15, 0.2) is 18.2 Å². The lowest BCUT2D eigenvalue weighted by Gasteiger charge is -2.33. The van der Waals surface area contributed by atoms with E-state index in [9.17, 15) is 0 Å². The van der Waals surface area contributed by atoms with Crippen LogP contribution in [0.5, 0.6) is 11.5 Å². The van der Waals surface area contributed by atoms with Crippen molar-refractivity contribution in [3.8, 4) is 11.5 Å². The Labute approximate surface area is 132 Å². The molecule has 1 aromatic carbocycles. The van der Waals surface area contributed by atoms with E-state index in [1.807, 2.05) is 23.9 Å². The predicted molar refractivity (Wildman–Crippen MR) is 90.7 cm³/mol. The number of rotatable bonds is 8. The van der Waals surface area contributed by atoms with Gasteiger partial charge in [-0.2, -0.15) is 11.8 Å². The summed E-state index contributed by atoms with van der Waals surface area (Å²) in [4.78, 5) is 0. The molecule has 0 saturated heterocycles. The molecule has 0 aromatic heterocycles. The van der Waals surface area contributed by atoms with Gasteiger partial charge in [-0.1, -0.05) is 13.8 Å². The minimum atomic E-state index is 0.319. The van der Waals surface area contributed by atoms with Crippen LogP contribution in [-0.4, -0.2) is 31.3 Å². The molecule has 21 heavy (non-hydrogen) atoms. The predicted octanol–water partition coefficient (Wildman–Crippen LogP) is 4.03. The highest BCUT2D eigenvalue weighted by Crippen LogP contribution is 2.38. The summed E-state index contributed by atoms with van der Waals surface area (Å²) in [5.41, 5.74) is 1.24. The van der Waals surface area contributed by atoms with Gasteiger partial charge in [-0.25, -0.2) is 0 Å². The lowest BCUT2D eigenvalue weighted by molar-refractivity contribution is 0.146. The summed E-state index contributed by atoms with van der Waals surface area (Å²) in [5.74, 6) is 4.27. The number of benzene rings is 1. The first-order chi connectivity index (χ1) is 10.3. The van der Waals surface area contributed by atoms with Gasteiger partial charge in [-0.3, -0.25) is 0 Å². The van der Waals surface area contributed by atoms with Crippen LogP contribution in [-0.2, 0) is 0 Å². The fraction of sp³-hybridized carbons (Fsp3) is 0.647. The van der Waals surface area contributed by atoms with Crippen molar-refractivity contribution in [1.82, 2.24) is 5.32 Å². The van der Waals surface area contributed by atoms with Crippen LogP contribution in [0.2, 0.25) is 0 Å².